The van der Waals surface area contributed by atoms with Gasteiger partial charge < -0.3 is 15.7 Å². The Bertz CT molecular complexity index is 264. The Hall–Kier alpha value is -0.740. The second kappa shape index (κ2) is 7.54. The van der Waals surface area contributed by atoms with Crippen LogP contribution in [0.25, 0.3) is 0 Å². The standard InChI is InChI=1S/C11H17BrN2O/c12-6-1-7-13-10-2-4-11(5-3-10)14-8-9-15/h2-5,13-15H,1,6-9H2. The Morgan fingerprint density at radius 2 is 1.53 bits per heavy atom. The molecule has 0 amide bonds. The number of rotatable bonds is 7. The van der Waals surface area contributed by atoms with Crippen molar-refractivity contribution in [1.29, 1.82) is 0 Å². The summed E-state index contributed by atoms with van der Waals surface area (Å²) in [4.78, 5) is 0. The van der Waals surface area contributed by atoms with Crippen LogP contribution >= 0.6 is 15.9 Å². The van der Waals surface area contributed by atoms with E-state index < -0.39 is 0 Å². The monoisotopic (exact) mass is 272 g/mol. The van der Waals surface area contributed by atoms with Crippen molar-refractivity contribution in [3.05, 3.63) is 24.3 Å². The summed E-state index contributed by atoms with van der Waals surface area (Å²) in [5.74, 6) is 0. The van der Waals surface area contributed by atoms with E-state index in [9.17, 15) is 0 Å². The molecule has 0 saturated carbocycles. The van der Waals surface area contributed by atoms with Gasteiger partial charge in [-0.1, -0.05) is 15.9 Å². The Kier molecular flexibility index (Phi) is 6.20. The molecule has 1 aromatic carbocycles. The number of aliphatic hydroxyl groups excluding tert-OH is 1. The molecule has 4 heteroatoms. The first-order valence-corrected chi connectivity index (χ1v) is 6.23. The predicted octanol–water partition coefficient (Wildman–Crippen LogP) is 2.29. The molecule has 0 aromatic heterocycles. The molecule has 1 aromatic rings. The van der Waals surface area contributed by atoms with Crippen LogP contribution in [0.5, 0.6) is 0 Å². The first-order chi connectivity index (χ1) is 7.36. The number of anilines is 2. The second-order valence-electron chi connectivity index (χ2n) is 3.20. The highest BCUT2D eigenvalue weighted by atomic mass is 79.9. The van der Waals surface area contributed by atoms with Crippen molar-refractivity contribution in [2.24, 2.45) is 0 Å². The Balaban J connectivity index is 2.35. The van der Waals surface area contributed by atoms with E-state index in [1.54, 1.807) is 0 Å². The molecular formula is C11H17BrN2O. The van der Waals surface area contributed by atoms with Gasteiger partial charge in [0.15, 0.2) is 0 Å². The lowest BCUT2D eigenvalue weighted by Gasteiger charge is -2.07. The van der Waals surface area contributed by atoms with Crippen molar-refractivity contribution in [2.75, 3.05) is 35.7 Å². The van der Waals surface area contributed by atoms with E-state index in [2.05, 4.69) is 26.6 Å². The Morgan fingerprint density at radius 1 is 1.00 bits per heavy atom. The fourth-order valence-corrected chi connectivity index (χ4v) is 1.49. The van der Waals surface area contributed by atoms with Crippen LogP contribution in [-0.2, 0) is 0 Å². The zero-order valence-electron chi connectivity index (χ0n) is 8.67. The molecule has 3 N–H and O–H groups in total. The second-order valence-corrected chi connectivity index (χ2v) is 3.99. The summed E-state index contributed by atoms with van der Waals surface area (Å²) in [5.41, 5.74) is 2.17. The molecule has 0 spiro atoms. The van der Waals surface area contributed by atoms with E-state index in [1.807, 2.05) is 24.3 Å². The molecular weight excluding hydrogens is 256 g/mol. The summed E-state index contributed by atoms with van der Waals surface area (Å²) >= 11 is 3.39. The molecule has 0 aliphatic carbocycles. The first-order valence-electron chi connectivity index (χ1n) is 5.11. The number of halogens is 1. The third-order valence-corrected chi connectivity index (χ3v) is 2.53. The van der Waals surface area contributed by atoms with Crippen LogP contribution in [0.1, 0.15) is 6.42 Å². The summed E-state index contributed by atoms with van der Waals surface area (Å²) in [5, 5.41) is 16.1. The van der Waals surface area contributed by atoms with Gasteiger partial charge in [0.1, 0.15) is 0 Å². The summed E-state index contributed by atoms with van der Waals surface area (Å²) in [6, 6.07) is 8.08. The van der Waals surface area contributed by atoms with Crippen LogP contribution in [-0.4, -0.2) is 30.1 Å². The fraction of sp³-hybridized carbons (Fsp3) is 0.455. The van der Waals surface area contributed by atoms with Crippen LogP contribution in [0, 0.1) is 0 Å². The summed E-state index contributed by atoms with van der Waals surface area (Å²) in [6.45, 7) is 1.73. The first kappa shape index (κ1) is 12.3. The third-order valence-electron chi connectivity index (χ3n) is 1.97. The van der Waals surface area contributed by atoms with Crippen molar-refractivity contribution < 1.29 is 5.11 Å². The van der Waals surface area contributed by atoms with Crippen molar-refractivity contribution in [3.63, 3.8) is 0 Å². The molecule has 1 rings (SSSR count). The number of nitrogens with one attached hydrogen (secondary N) is 2. The zero-order valence-corrected chi connectivity index (χ0v) is 10.3. The summed E-state index contributed by atoms with van der Waals surface area (Å²) in [7, 11) is 0. The van der Waals surface area contributed by atoms with Crippen LogP contribution in [0.3, 0.4) is 0 Å². The van der Waals surface area contributed by atoms with Gasteiger partial charge in [0, 0.05) is 29.8 Å². The highest BCUT2D eigenvalue weighted by Crippen LogP contribution is 2.13. The number of hydrogen-bond acceptors (Lipinski definition) is 3. The molecule has 0 aliphatic rings. The normalized spacial score (nSPS) is 10.0. The van der Waals surface area contributed by atoms with Gasteiger partial charge >= 0.3 is 0 Å². The number of hydrogen-bond donors (Lipinski definition) is 3. The predicted molar refractivity (Wildman–Crippen MR) is 68.9 cm³/mol. The molecule has 0 saturated heterocycles. The van der Waals surface area contributed by atoms with E-state index in [1.165, 1.54) is 0 Å². The molecule has 0 radical (unpaired) electrons. The highest BCUT2D eigenvalue weighted by molar-refractivity contribution is 9.09. The molecule has 0 heterocycles. The van der Waals surface area contributed by atoms with Gasteiger partial charge in [0.25, 0.3) is 0 Å². The lowest BCUT2D eigenvalue weighted by atomic mass is 10.2. The number of alkyl halides is 1. The molecule has 0 bridgehead atoms. The average Bonchev–Trinajstić information content (AvgIpc) is 2.28. The van der Waals surface area contributed by atoms with Gasteiger partial charge in [-0.05, 0) is 30.7 Å². The topological polar surface area (TPSA) is 44.3 Å². The molecule has 0 unspecified atom stereocenters. The van der Waals surface area contributed by atoms with Gasteiger partial charge in [0.2, 0.25) is 0 Å². The third kappa shape index (κ3) is 5.04. The average molecular weight is 273 g/mol. The van der Waals surface area contributed by atoms with Gasteiger partial charge in [-0.25, -0.2) is 0 Å². The largest absolute Gasteiger partial charge is 0.395 e. The van der Waals surface area contributed by atoms with Crippen molar-refractivity contribution in [2.45, 2.75) is 6.42 Å². The maximum Gasteiger partial charge on any atom is 0.0604 e. The maximum absolute atomic E-state index is 8.65. The quantitative estimate of drug-likeness (QED) is 0.527. The Morgan fingerprint density at radius 3 is 2.00 bits per heavy atom. The van der Waals surface area contributed by atoms with Gasteiger partial charge in [0.05, 0.1) is 6.61 Å². The minimum absolute atomic E-state index is 0.158. The van der Waals surface area contributed by atoms with E-state index in [4.69, 9.17) is 5.11 Å². The van der Waals surface area contributed by atoms with Crippen LogP contribution in [0.4, 0.5) is 11.4 Å². The smallest absolute Gasteiger partial charge is 0.0604 e. The van der Waals surface area contributed by atoms with E-state index in [0.29, 0.717) is 6.54 Å². The zero-order chi connectivity index (χ0) is 10.9. The number of aliphatic hydroxyl groups is 1. The van der Waals surface area contributed by atoms with Crippen molar-refractivity contribution >= 4 is 27.3 Å². The molecule has 0 fully saturated rings. The molecule has 15 heavy (non-hydrogen) atoms. The minimum atomic E-state index is 0.158. The lowest BCUT2D eigenvalue weighted by molar-refractivity contribution is 0.311. The van der Waals surface area contributed by atoms with Gasteiger partial charge in [-0.15, -0.1) is 0 Å². The van der Waals surface area contributed by atoms with Crippen molar-refractivity contribution in [1.82, 2.24) is 0 Å². The lowest BCUT2D eigenvalue weighted by Crippen LogP contribution is -2.05. The van der Waals surface area contributed by atoms with Crippen LogP contribution in [0.15, 0.2) is 24.3 Å². The van der Waals surface area contributed by atoms with Gasteiger partial charge in [-0.3, -0.25) is 0 Å². The molecule has 84 valence electrons. The maximum atomic E-state index is 8.65. The summed E-state index contributed by atoms with van der Waals surface area (Å²) in [6.07, 6.45) is 1.12. The van der Waals surface area contributed by atoms with E-state index >= 15 is 0 Å². The van der Waals surface area contributed by atoms with E-state index in [0.717, 1.165) is 29.7 Å². The highest BCUT2D eigenvalue weighted by Gasteiger charge is 1.93. The molecule has 0 aliphatic heterocycles. The van der Waals surface area contributed by atoms with Crippen LogP contribution < -0.4 is 10.6 Å². The van der Waals surface area contributed by atoms with Crippen molar-refractivity contribution in [3.8, 4) is 0 Å². The summed E-state index contributed by atoms with van der Waals surface area (Å²) < 4.78 is 0. The molecule has 3 nitrogen and oxygen atoms in total. The molecule has 0 atom stereocenters. The number of benzene rings is 1. The Labute approximate surface area is 99.0 Å². The fourth-order valence-electron chi connectivity index (χ4n) is 1.21. The minimum Gasteiger partial charge on any atom is -0.395 e. The van der Waals surface area contributed by atoms with Crippen LogP contribution in [0.2, 0.25) is 0 Å². The SMILES string of the molecule is OCCNc1ccc(NCCCBr)cc1. The van der Waals surface area contributed by atoms with E-state index in [-0.39, 0.29) is 6.61 Å². The van der Waals surface area contributed by atoms with Gasteiger partial charge in [-0.2, -0.15) is 0 Å².